The van der Waals surface area contributed by atoms with Gasteiger partial charge in [-0.2, -0.15) is 0 Å². The minimum absolute atomic E-state index is 0.0108. The third-order valence-corrected chi connectivity index (χ3v) is 8.12. The van der Waals surface area contributed by atoms with Gasteiger partial charge < -0.3 is 15.5 Å². The van der Waals surface area contributed by atoms with Crippen LogP contribution in [0.1, 0.15) is 70.0 Å². The third kappa shape index (κ3) is 7.70. The van der Waals surface area contributed by atoms with Crippen LogP contribution in [0.25, 0.3) is 0 Å². The van der Waals surface area contributed by atoms with Crippen LogP contribution in [-0.2, 0) is 9.59 Å². The van der Waals surface area contributed by atoms with Gasteiger partial charge in [0, 0.05) is 35.5 Å². The molecule has 5 amide bonds. The lowest BCUT2D eigenvalue weighted by Gasteiger charge is -2.37. The number of benzene rings is 2. The van der Waals surface area contributed by atoms with Gasteiger partial charge in [-0.3, -0.25) is 9.59 Å². The van der Waals surface area contributed by atoms with Crippen molar-refractivity contribution in [1.82, 2.24) is 15.1 Å². The van der Waals surface area contributed by atoms with Crippen molar-refractivity contribution in [1.29, 1.82) is 0 Å². The van der Waals surface area contributed by atoms with Gasteiger partial charge in [0.15, 0.2) is 0 Å². The molecule has 1 fully saturated rings. The lowest BCUT2D eigenvalue weighted by molar-refractivity contribution is -0.120. The molecule has 0 aromatic heterocycles. The van der Waals surface area contributed by atoms with Gasteiger partial charge in [-0.25, -0.2) is 28.3 Å². The van der Waals surface area contributed by atoms with Crippen LogP contribution in [0.15, 0.2) is 47.5 Å². The normalized spacial score (nSPS) is 19.7. The smallest absolute Gasteiger partial charge is 0.338 e. The fourth-order valence-electron chi connectivity index (χ4n) is 5.79. The number of rotatable bonds is 9. The van der Waals surface area contributed by atoms with Crippen LogP contribution < -0.4 is 10.6 Å². The molecule has 2 aliphatic heterocycles. The lowest BCUT2D eigenvalue weighted by Crippen LogP contribution is -2.52. The molecule has 2 unspecified atom stereocenters. The van der Waals surface area contributed by atoms with Gasteiger partial charge in [0.05, 0.1) is 12.0 Å². The predicted octanol–water partition coefficient (Wildman–Crippen LogP) is 5.68. The van der Waals surface area contributed by atoms with Crippen LogP contribution in [0.2, 0.25) is 0 Å². The maximum atomic E-state index is 14.8. The largest absolute Gasteiger partial charge is 0.352 e. The first-order chi connectivity index (χ1) is 20.5. The highest BCUT2D eigenvalue weighted by atomic mass is 19.1. The quantitative estimate of drug-likeness (QED) is 0.363. The van der Waals surface area contributed by atoms with Crippen molar-refractivity contribution < 1.29 is 28.0 Å². The molecule has 43 heavy (non-hydrogen) atoms. The zero-order chi connectivity index (χ0) is 31.3. The Bertz CT molecular complexity index is 1400. The molecule has 0 aliphatic carbocycles. The zero-order valence-electron chi connectivity index (χ0n) is 25.0. The van der Waals surface area contributed by atoms with Crippen LogP contribution in [0, 0.1) is 23.5 Å². The van der Waals surface area contributed by atoms with Gasteiger partial charge in [0.1, 0.15) is 17.4 Å². The van der Waals surface area contributed by atoms with Crippen molar-refractivity contribution >= 4 is 35.2 Å². The summed E-state index contributed by atoms with van der Waals surface area (Å²) in [5.41, 5.74) is 2.05. The van der Waals surface area contributed by atoms with E-state index in [1.165, 1.54) is 19.4 Å². The van der Waals surface area contributed by atoms with Crippen molar-refractivity contribution in [3.63, 3.8) is 0 Å². The highest BCUT2D eigenvalue weighted by Gasteiger charge is 2.44. The molecule has 11 heteroatoms. The van der Waals surface area contributed by atoms with E-state index in [0.717, 1.165) is 55.2 Å². The van der Waals surface area contributed by atoms with Crippen LogP contribution in [0.5, 0.6) is 0 Å². The van der Waals surface area contributed by atoms with Gasteiger partial charge in [0.2, 0.25) is 5.91 Å². The van der Waals surface area contributed by atoms with Gasteiger partial charge in [0.25, 0.3) is 0 Å². The minimum Gasteiger partial charge on any atom is -0.338 e. The molecule has 2 aliphatic rings. The number of imide groups is 1. The number of anilines is 1. The Labute approximate surface area is 250 Å². The van der Waals surface area contributed by atoms with Crippen molar-refractivity contribution in [2.45, 2.75) is 58.9 Å². The second-order valence-electron chi connectivity index (χ2n) is 11.6. The summed E-state index contributed by atoms with van der Waals surface area (Å²) >= 11 is 0. The Morgan fingerprint density at radius 1 is 1.07 bits per heavy atom. The first kappa shape index (κ1) is 31.9. The number of hydrogen-bond donors (Lipinski definition) is 2. The van der Waals surface area contributed by atoms with Crippen LogP contribution in [-0.4, -0.2) is 65.4 Å². The summed E-state index contributed by atoms with van der Waals surface area (Å²) in [6.45, 7) is 9.24. The molecule has 0 saturated carbocycles. The molecule has 0 radical (unpaired) electrons. The monoisotopic (exact) mass is 595 g/mol. The van der Waals surface area contributed by atoms with E-state index in [2.05, 4.69) is 26.6 Å². The maximum Gasteiger partial charge on any atom is 0.352 e. The SMILES string of the molecule is CC(=O)C1C(C)=NC(=O)N(C(=O)NCCCN2CCC(c3cccc(NC(=O)C(C)C)c3)CC2)C1c1ccc(F)cc1F. The number of amides is 5. The van der Waals surface area contributed by atoms with Gasteiger partial charge in [-0.1, -0.05) is 32.0 Å². The van der Waals surface area contributed by atoms with Crippen LogP contribution >= 0.6 is 0 Å². The van der Waals surface area contributed by atoms with Crippen LogP contribution in [0.4, 0.5) is 24.1 Å². The maximum absolute atomic E-state index is 14.8. The van der Waals surface area contributed by atoms with E-state index in [4.69, 9.17) is 0 Å². The average molecular weight is 596 g/mol. The molecule has 0 spiro atoms. The highest BCUT2D eigenvalue weighted by molar-refractivity contribution is 6.12. The Hall–Kier alpha value is -3.99. The number of aliphatic imine (C=N–C) groups is 1. The van der Waals surface area contributed by atoms with Gasteiger partial charge in [-0.15, -0.1) is 0 Å². The van der Waals surface area contributed by atoms with Crippen molar-refractivity contribution in [3.8, 4) is 0 Å². The summed E-state index contributed by atoms with van der Waals surface area (Å²) in [6, 6.07) is 7.88. The summed E-state index contributed by atoms with van der Waals surface area (Å²) in [5.74, 6) is -2.91. The van der Waals surface area contributed by atoms with E-state index < -0.39 is 41.4 Å². The Kier molecular flexibility index (Phi) is 10.4. The van der Waals surface area contributed by atoms with E-state index in [0.29, 0.717) is 18.4 Å². The van der Waals surface area contributed by atoms with E-state index in [-0.39, 0.29) is 29.6 Å². The number of piperidine rings is 1. The summed E-state index contributed by atoms with van der Waals surface area (Å²) in [5, 5.41) is 5.68. The second kappa shape index (κ2) is 14.0. The van der Waals surface area contributed by atoms with Crippen molar-refractivity contribution in [3.05, 3.63) is 65.2 Å². The number of urea groups is 2. The Morgan fingerprint density at radius 2 is 1.79 bits per heavy atom. The average Bonchev–Trinajstić information content (AvgIpc) is 2.95. The molecular formula is C32H39F2N5O4. The van der Waals surface area contributed by atoms with Crippen molar-refractivity contribution in [2.24, 2.45) is 16.8 Å². The predicted molar refractivity (Wildman–Crippen MR) is 160 cm³/mol. The minimum atomic E-state index is -1.28. The topological polar surface area (TPSA) is 111 Å². The molecule has 2 aromatic rings. The molecular weight excluding hydrogens is 556 g/mol. The highest BCUT2D eigenvalue weighted by Crippen LogP contribution is 2.36. The first-order valence-electron chi connectivity index (χ1n) is 14.7. The summed E-state index contributed by atoms with van der Waals surface area (Å²) in [4.78, 5) is 57.6. The molecule has 9 nitrogen and oxygen atoms in total. The lowest BCUT2D eigenvalue weighted by atomic mass is 9.84. The van der Waals surface area contributed by atoms with E-state index in [1.54, 1.807) is 0 Å². The fourth-order valence-corrected chi connectivity index (χ4v) is 5.79. The van der Waals surface area contributed by atoms with E-state index in [1.807, 2.05) is 32.0 Å². The summed E-state index contributed by atoms with van der Waals surface area (Å²) < 4.78 is 28.4. The van der Waals surface area contributed by atoms with Crippen LogP contribution in [0.3, 0.4) is 0 Å². The van der Waals surface area contributed by atoms with E-state index in [9.17, 15) is 28.0 Å². The number of nitrogens with one attached hydrogen (secondary N) is 2. The Balaban J connectivity index is 1.31. The second-order valence-corrected chi connectivity index (χ2v) is 11.6. The molecule has 1 saturated heterocycles. The molecule has 2 N–H and O–H groups in total. The van der Waals surface area contributed by atoms with Crippen molar-refractivity contribution in [2.75, 3.05) is 31.5 Å². The summed E-state index contributed by atoms with van der Waals surface area (Å²) in [6.07, 6.45) is 2.54. The molecule has 2 aromatic carbocycles. The Morgan fingerprint density at radius 3 is 2.44 bits per heavy atom. The number of ketones is 1. The standard InChI is InChI=1S/C32H39F2N5O4/c1-19(2)30(41)37-25-8-5-7-23(17-25)22-11-15-38(16-12-22)14-6-13-35-31(42)39-29(26-10-9-24(33)18-27(26)34)28(21(4)40)20(3)36-32(39)43/h5,7-10,17-19,22,28-29H,6,11-16H2,1-4H3,(H,35,42)(H,37,41). The number of halogens is 2. The number of carbonyl (C=O) groups excluding carboxylic acids is 4. The molecule has 0 bridgehead atoms. The molecule has 4 rings (SSSR count). The number of likely N-dealkylation sites (tertiary alicyclic amines) is 1. The number of nitrogens with zero attached hydrogens (tertiary/aromatic N) is 3. The van der Waals surface area contributed by atoms with E-state index >= 15 is 0 Å². The number of carbonyl (C=O) groups is 4. The van der Waals surface area contributed by atoms with Gasteiger partial charge in [-0.05, 0) is 82.4 Å². The number of Topliss-reactive ketones (excluding diaryl/α,β-unsaturated/α-hetero) is 1. The molecule has 2 atom stereocenters. The number of hydrogen-bond acceptors (Lipinski definition) is 5. The molecule has 230 valence electrons. The molecule has 2 heterocycles. The summed E-state index contributed by atoms with van der Waals surface area (Å²) in [7, 11) is 0. The van der Waals surface area contributed by atoms with Gasteiger partial charge >= 0.3 is 12.1 Å². The first-order valence-corrected chi connectivity index (χ1v) is 14.7. The third-order valence-electron chi connectivity index (χ3n) is 8.12. The fraction of sp³-hybridized carbons (Fsp3) is 0.469. The zero-order valence-corrected chi connectivity index (χ0v) is 25.0.